The van der Waals surface area contributed by atoms with E-state index < -0.39 is 0 Å². The third kappa shape index (κ3) is 3.64. The van der Waals surface area contributed by atoms with Gasteiger partial charge in [-0.05, 0) is 61.5 Å². The fraction of sp³-hybridized carbons (Fsp3) is 0.368. The summed E-state index contributed by atoms with van der Waals surface area (Å²) in [6.45, 7) is 5.00. The Morgan fingerprint density at radius 1 is 1.05 bits per heavy atom. The Balaban J connectivity index is 1.72. The zero-order valence-corrected chi connectivity index (χ0v) is 12.6. The average Bonchev–Trinajstić information content (AvgIpc) is 2.56. The van der Waals surface area contributed by atoms with Gasteiger partial charge in [0.15, 0.2) is 0 Å². The van der Waals surface area contributed by atoms with Crippen LogP contribution in [0.3, 0.4) is 0 Å². The minimum absolute atomic E-state index is 0.636. The van der Waals surface area contributed by atoms with Crippen molar-refractivity contribution >= 4 is 0 Å². The molecule has 1 saturated heterocycles. The van der Waals surface area contributed by atoms with E-state index in [0.29, 0.717) is 12.5 Å². The van der Waals surface area contributed by atoms with E-state index in [9.17, 15) is 0 Å². The summed E-state index contributed by atoms with van der Waals surface area (Å²) in [6.07, 6.45) is 2.45. The number of aryl methyl sites for hydroxylation is 1. The van der Waals surface area contributed by atoms with Crippen LogP contribution in [0.5, 0.6) is 5.75 Å². The fourth-order valence-corrected chi connectivity index (χ4v) is 2.92. The molecule has 0 bridgehead atoms. The van der Waals surface area contributed by atoms with Crippen molar-refractivity contribution in [2.45, 2.75) is 32.3 Å². The van der Waals surface area contributed by atoms with Crippen LogP contribution in [0.25, 0.3) is 0 Å². The molecule has 21 heavy (non-hydrogen) atoms. The van der Waals surface area contributed by atoms with Crippen LogP contribution in [-0.2, 0) is 6.61 Å². The normalized spacial score (nSPS) is 15.9. The highest BCUT2D eigenvalue weighted by atomic mass is 16.5. The lowest BCUT2D eigenvalue weighted by atomic mass is 9.89. The first kappa shape index (κ1) is 14.2. The summed E-state index contributed by atoms with van der Waals surface area (Å²) in [7, 11) is 0. The molecule has 0 spiro atoms. The summed E-state index contributed by atoms with van der Waals surface area (Å²) in [6, 6.07) is 17.0. The number of nitrogens with one attached hydrogen (secondary N) is 1. The first-order valence-electron chi connectivity index (χ1n) is 7.81. The molecule has 1 aliphatic heterocycles. The van der Waals surface area contributed by atoms with E-state index in [2.05, 4.69) is 54.7 Å². The Morgan fingerprint density at radius 2 is 1.81 bits per heavy atom. The van der Waals surface area contributed by atoms with Crippen molar-refractivity contribution in [3.8, 4) is 5.75 Å². The highest BCUT2D eigenvalue weighted by Crippen LogP contribution is 2.30. The van der Waals surface area contributed by atoms with Gasteiger partial charge >= 0.3 is 0 Å². The van der Waals surface area contributed by atoms with Crippen LogP contribution < -0.4 is 10.1 Å². The molecule has 0 aromatic heterocycles. The van der Waals surface area contributed by atoms with Gasteiger partial charge < -0.3 is 10.1 Å². The predicted octanol–water partition coefficient (Wildman–Crippen LogP) is 4.04. The second kappa shape index (κ2) is 6.77. The van der Waals surface area contributed by atoms with Gasteiger partial charge in [0.25, 0.3) is 0 Å². The second-order valence-corrected chi connectivity index (χ2v) is 5.82. The summed E-state index contributed by atoms with van der Waals surface area (Å²) in [5.74, 6) is 1.70. The number of benzene rings is 2. The van der Waals surface area contributed by atoms with Crippen molar-refractivity contribution < 1.29 is 4.74 Å². The summed E-state index contributed by atoms with van der Waals surface area (Å²) < 4.78 is 6.04. The van der Waals surface area contributed by atoms with Gasteiger partial charge in [-0.25, -0.2) is 0 Å². The average molecular weight is 281 g/mol. The van der Waals surface area contributed by atoms with Crippen molar-refractivity contribution in [3.05, 3.63) is 65.2 Å². The largest absolute Gasteiger partial charge is 0.489 e. The molecule has 0 saturated carbocycles. The molecule has 0 aliphatic carbocycles. The number of ether oxygens (including phenoxy) is 1. The van der Waals surface area contributed by atoms with Gasteiger partial charge in [-0.1, -0.05) is 42.5 Å². The summed E-state index contributed by atoms with van der Waals surface area (Å²) in [5, 5.41) is 3.43. The van der Waals surface area contributed by atoms with Gasteiger partial charge in [0, 0.05) is 0 Å². The Kier molecular flexibility index (Phi) is 4.56. The zero-order chi connectivity index (χ0) is 14.5. The van der Waals surface area contributed by atoms with E-state index in [0.717, 1.165) is 18.8 Å². The predicted molar refractivity (Wildman–Crippen MR) is 86.8 cm³/mol. The molecule has 110 valence electrons. The van der Waals surface area contributed by atoms with Crippen LogP contribution in [0.1, 0.15) is 35.4 Å². The molecule has 3 rings (SSSR count). The molecule has 0 radical (unpaired) electrons. The lowest BCUT2D eigenvalue weighted by Crippen LogP contribution is -2.26. The molecule has 1 fully saturated rings. The van der Waals surface area contributed by atoms with E-state index >= 15 is 0 Å². The third-order valence-electron chi connectivity index (χ3n) is 4.26. The van der Waals surface area contributed by atoms with E-state index in [1.54, 1.807) is 0 Å². The highest BCUT2D eigenvalue weighted by molar-refractivity contribution is 5.38. The molecular formula is C19H23NO. The standard InChI is InChI=1S/C19H23NO/c1-15-7-8-18(17-9-11-20-12-10-17)13-19(15)21-14-16-5-3-2-4-6-16/h2-8,13,17,20H,9-12,14H2,1H3. The monoisotopic (exact) mass is 281 g/mol. The minimum atomic E-state index is 0.636. The molecule has 1 N–H and O–H groups in total. The topological polar surface area (TPSA) is 21.3 Å². The van der Waals surface area contributed by atoms with Gasteiger partial charge in [0.2, 0.25) is 0 Å². The molecule has 2 nitrogen and oxygen atoms in total. The summed E-state index contributed by atoms with van der Waals surface area (Å²) in [5.41, 5.74) is 3.85. The first-order valence-corrected chi connectivity index (χ1v) is 7.81. The van der Waals surface area contributed by atoms with E-state index in [-0.39, 0.29) is 0 Å². The maximum absolute atomic E-state index is 6.04. The van der Waals surface area contributed by atoms with Crippen LogP contribution in [0.2, 0.25) is 0 Å². The van der Waals surface area contributed by atoms with Gasteiger partial charge in [-0.15, -0.1) is 0 Å². The van der Waals surface area contributed by atoms with Crippen molar-refractivity contribution in [2.24, 2.45) is 0 Å². The molecule has 1 heterocycles. The number of piperidine rings is 1. The fourth-order valence-electron chi connectivity index (χ4n) is 2.92. The number of hydrogen-bond acceptors (Lipinski definition) is 2. The lowest BCUT2D eigenvalue weighted by molar-refractivity contribution is 0.303. The zero-order valence-electron chi connectivity index (χ0n) is 12.6. The molecule has 2 aromatic rings. The van der Waals surface area contributed by atoms with Crippen LogP contribution in [0, 0.1) is 6.92 Å². The highest BCUT2D eigenvalue weighted by Gasteiger charge is 2.16. The van der Waals surface area contributed by atoms with Gasteiger partial charge in [-0.2, -0.15) is 0 Å². The van der Waals surface area contributed by atoms with Crippen LogP contribution in [-0.4, -0.2) is 13.1 Å². The quantitative estimate of drug-likeness (QED) is 0.913. The Bertz CT molecular complexity index is 573. The van der Waals surface area contributed by atoms with Gasteiger partial charge in [0.1, 0.15) is 12.4 Å². The minimum Gasteiger partial charge on any atom is -0.489 e. The van der Waals surface area contributed by atoms with E-state index in [4.69, 9.17) is 4.74 Å². The molecule has 2 heteroatoms. The summed E-state index contributed by atoms with van der Waals surface area (Å²) >= 11 is 0. The number of hydrogen-bond donors (Lipinski definition) is 1. The molecule has 1 aliphatic rings. The van der Waals surface area contributed by atoms with Crippen LogP contribution in [0.15, 0.2) is 48.5 Å². The van der Waals surface area contributed by atoms with Crippen molar-refractivity contribution in [1.29, 1.82) is 0 Å². The number of rotatable bonds is 4. The van der Waals surface area contributed by atoms with Crippen molar-refractivity contribution in [2.75, 3.05) is 13.1 Å². The maximum atomic E-state index is 6.04. The maximum Gasteiger partial charge on any atom is 0.123 e. The lowest BCUT2D eigenvalue weighted by Gasteiger charge is -2.23. The van der Waals surface area contributed by atoms with Gasteiger partial charge in [-0.3, -0.25) is 0 Å². The molecule has 0 unspecified atom stereocenters. The molecule has 0 amide bonds. The Hall–Kier alpha value is -1.80. The third-order valence-corrected chi connectivity index (χ3v) is 4.26. The van der Waals surface area contributed by atoms with Crippen molar-refractivity contribution in [3.63, 3.8) is 0 Å². The molecule has 2 aromatic carbocycles. The Morgan fingerprint density at radius 3 is 2.57 bits per heavy atom. The Labute approximate surface area is 127 Å². The van der Waals surface area contributed by atoms with E-state index in [1.807, 2.05) is 6.07 Å². The summed E-state index contributed by atoms with van der Waals surface area (Å²) in [4.78, 5) is 0. The van der Waals surface area contributed by atoms with Crippen molar-refractivity contribution in [1.82, 2.24) is 5.32 Å². The molecule has 0 atom stereocenters. The van der Waals surface area contributed by atoms with Crippen LogP contribution >= 0.6 is 0 Å². The SMILES string of the molecule is Cc1ccc(C2CCNCC2)cc1OCc1ccccc1. The smallest absolute Gasteiger partial charge is 0.123 e. The first-order chi connectivity index (χ1) is 10.3. The second-order valence-electron chi connectivity index (χ2n) is 5.82. The van der Waals surface area contributed by atoms with Gasteiger partial charge in [0.05, 0.1) is 0 Å². The molecular weight excluding hydrogens is 258 g/mol. The van der Waals surface area contributed by atoms with E-state index in [1.165, 1.54) is 29.5 Å². The van der Waals surface area contributed by atoms with Crippen LogP contribution in [0.4, 0.5) is 0 Å².